The predicted molar refractivity (Wildman–Crippen MR) is 76.6 cm³/mol. The van der Waals surface area contributed by atoms with Gasteiger partial charge in [0.1, 0.15) is 5.82 Å². The number of nitrogens with one attached hydrogen (secondary N) is 2. The van der Waals surface area contributed by atoms with Gasteiger partial charge in [-0.15, -0.1) is 10.2 Å². The van der Waals surface area contributed by atoms with E-state index in [1.165, 1.54) is 11.3 Å². The number of carbonyl (C=O) groups is 1. The second kappa shape index (κ2) is 6.90. The highest BCUT2D eigenvalue weighted by Crippen LogP contribution is 2.14. The van der Waals surface area contributed by atoms with E-state index in [9.17, 15) is 4.79 Å². The van der Waals surface area contributed by atoms with E-state index in [0.717, 1.165) is 18.7 Å². The minimum absolute atomic E-state index is 0.247. The Morgan fingerprint density at radius 2 is 2.25 bits per heavy atom. The Balaban J connectivity index is 1.90. The molecule has 0 atom stereocenters. The average molecular weight is 292 g/mol. The van der Waals surface area contributed by atoms with Gasteiger partial charge in [-0.2, -0.15) is 0 Å². The maximum atomic E-state index is 11.9. The second-order valence-electron chi connectivity index (χ2n) is 4.12. The molecule has 2 aromatic rings. The lowest BCUT2D eigenvalue weighted by Gasteiger charge is -2.02. The fraction of sp³-hybridized carbons (Fsp3) is 0.417. The SMILES string of the molecule is CCCNc1nnc(C(=O)NCc2ccnc(C)n2)s1. The summed E-state index contributed by atoms with van der Waals surface area (Å²) < 4.78 is 0. The Bertz CT molecular complexity index is 585. The van der Waals surface area contributed by atoms with E-state index in [1.807, 2.05) is 6.92 Å². The summed E-state index contributed by atoms with van der Waals surface area (Å²) in [5.41, 5.74) is 0.764. The van der Waals surface area contributed by atoms with Crippen molar-refractivity contribution >= 4 is 22.4 Å². The minimum Gasteiger partial charge on any atom is -0.360 e. The van der Waals surface area contributed by atoms with Gasteiger partial charge in [-0.3, -0.25) is 4.79 Å². The number of aromatic nitrogens is 4. The van der Waals surface area contributed by atoms with Crippen molar-refractivity contribution in [3.8, 4) is 0 Å². The molecule has 0 spiro atoms. The number of hydrogen-bond acceptors (Lipinski definition) is 7. The van der Waals surface area contributed by atoms with Crippen molar-refractivity contribution in [3.05, 3.63) is 28.8 Å². The summed E-state index contributed by atoms with van der Waals surface area (Å²) in [7, 11) is 0. The smallest absolute Gasteiger partial charge is 0.282 e. The number of nitrogens with zero attached hydrogens (tertiary/aromatic N) is 4. The van der Waals surface area contributed by atoms with Crippen molar-refractivity contribution in [2.24, 2.45) is 0 Å². The molecule has 0 bridgehead atoms. The van der Waals surface area contributed by atoms with Crippen molar-refractivity contribution in [3.63, 3.8) is 0 Å². The highest BCUT2D eigenvalue weighted by atomic mass is 32.1. The van der Waals surface area contributed by atoms with Gasteiger partial charge in [0.25, 0.3) is 5.91 Å². The van der Waals surface area contributed by atoms with Crippen molar-refractivity contribution in [2.45, 2.75) is 26.8 Å². The molecule has 2 heterocycles. The zero-order chi connectivity index (χ0) is 14.4. The number of amides is 1. The van der Waals surface area contributed by atoms with Gasteiger partial charge in [-0.05, 0) is 19.4 Å². The molecule has 106 valence electrons. The third kappa shape index (κ3) is 3.95. The first-order valence-electron chi connectivity index (χ1n) is 6.33. The van der Waals surface area contributed by atoms with E-state index in [-0.39, 0.29) is 5.91 Å². The van der Waals surface area contributed by atoms with E-state index < -0.39 is 0 Å². The molecule has 0 saturated heterocycles. The van der Waals surface area contributed by atoms with Crippen LogP contribution in [-0.2, 0) is 6.54 Å². The molecule has 0 aliphatic carbocycles. The van der Waals surface area contributed by atoms with Crippen LogP contribution in [0, 0.1) is 6.92 Å². The van der Waals surface area contributed by atoms with Crippen LogP contribution in [0.1, 0.15) is 34.7 Å². The van der Waals surface area contributed by atoms with Crippen LogP contribution < -0.4 is 10.6 Å². The van der Waals surface area contributed by atoms with Gasteiger partial charge >= 0.3 is 0 Å². The van der Waals surface area contributed by atoms with Crippen molar-refractivity contribution in [1.82, 2.24) is 25.5 Å². The molecule has 20 heavy (non-hydrogen) atoms. The summed E-state index contributed by atoms with van der Waals surface area (Å²) in [4.78, 5) is 20.1. The molecule has 0 saturated carbocycles. The molecular formula is C12H16N6OS. The predicted octanol–water partition coefficient (Wildman–Crippen LogP) is 1.39. The normalized spacial score (nSPS) is 10.3. The molecule has 1 amide bonds. The molecule has 0 aliphatic rings. The van der Waals surface area contributed by atoms with E-state index in [4.69, 9.17) is 0 Å². The molecule has 0 unspecified atom stereocenters. The lowest BCUT2D eigenvalue weighted by atomic mass is 10.4. The van der Waals surface area contributed by atoms with Gasteiger partial charge in [-0.25, -0.2) is 9.97 Å². The summed E-state index contributed by atoms with van der Waals surface area (Å²) >= 11 is 1.24. The maximum absolute atomic E-state index is 11.9. The van der Waals surface area contributed by atoms with Crippen LogP contribution in [0.15, 0.2) is 12.3 Å². The highest BCUT2D eigenvalue weighted by Gasteiger charge is 2.12. The summed E-state index contributed by atoms with van der Waals surface area (Å²) in [6.45, 7) is 5.03. The Labute approximate surface area is 120 Å². The third-order valence-corrected chi connectivity index (χ3v) is 3.29. The first-order chi connectivity index (χ1) is 9.69. The Morgan fingerprint density at radius 3 is 3.00 bits per heavy atom. The van der Waals surface area contributed by atoms with Crippen LogP contribution in [0.5, 0.6) is 0 Å². The zero-order valence-corrected chi connectivity index (χ0v) is 12.2. The molecule has 0 radical (unpaired) electrons. The van der Waals surface area contributed by atoms with Gasteiger partial charge in [0.2, 0.25) is 10.1 Å². The third-order valence-electron chi connectivity index (χ3n) is 2.41. The van der Waals surface area contributed by atoms with Gasteiger partial charge in [0, 0.05) is 12.7 Å². The Kier molecular flexibility index (Phi) is 4.94. The lowest BCUT2D eigenvalue weighted by molar-refractivity contribution is 0.0949. The van der Waals surface area contributed by atoms with E-state index in [0.29, 0.717) is 22.5 Å². The molecule has 2 N–H and O–H groups in total. The van der Waals surface area contributed by atoms with Crippen molar-refractivity contribution in [1.29, 1.82) is 0 Å². The standard InChI is InChI=1S/C12H16N6OS/c1-3-5-14-12-18-17-11(20-12)10(19)15-7-9-4-6-13-8(2)16-9/h4,6H,3,5,7H2,1-2H3,(H,14,18)(H,15,19). The molecule has 0 aliphatic heterocycles. The van der Waals surface area contributed by atoms with E-state index in [1.54, 1.807) is 12.3 Å². The number of hydrogen-bond donors (Lipinski definition) is 2. The van der Waals surface area contributed by atoms with E-state index >= 15 is 0 Å². The van der Waals surface area contributed by atoms with Crippen LogP contribution in [-0.4, -0.2) is 32.6 Å². The fourth-order valence-electron chi connectivity index (χ4n) is 1.47. The quantitative estimate of drug-likeness (QED) is 0.835. The minimum atomic E-state index is -0.247. The van der Waals surface area contributed by atoms with Crippen LogP contribution in [0.4, 0.5) is 5.13 Å². The van der Waals surface area contributed by atoms with Gasteiger partial charge in [-0.1, -0.05) is 18.3 Å². The summed E-state index contributed by atoms with van der Waals surface area (Å²) in [5.74, 6) is 0.432. The Hall–Kier alpha value is -2.09. The maximum Gasteiger partial charge on any atom is 0.282 e. The molecule has 0 aromatic carbocycles. The summed E-state index contributed by atoms with van der Waals surface area (Å²) in [6, 6.07) is 1.77. The first kappa shape index (κ1) is 14.3. The van der Waals surface area contributed by atoms with Crippen molar-refractivity contribution < 1.29 is 4.79 Å². The van der Waals surface area contributed by atoms with Crippen LogP contribution in [0.3, 0.4) is 0 Å². The number of anilines is 1. The van der Waals surface area contributed by atoms with Gasteiger partial charge in [0.05, 0.1) is 12.2 Å². The van der Waals surface area contributed by atoms with Gasteiger partial charge in [0.15, 0.2) is 0 Å². The Morgan fingerprint density at radius 1 is 1.40 bits per heavy atom. The first-order valence-corrected chi connectivity index (χ1v) is 7.14. The molecule has 2 aromatic heterocycles. The van der Waals surface area contributed by atoms with Crippen LogP contribution in [0.2, 0.25) is 0 Å². The molecular weight excluding hydrogens is 276 g/mol. The van der Waals surface area contributed by atoms with Crippen molar-refractivity contribution in [2.75, 3.05) is 11.9 Å². The monoisotopic (exact) mass is 292 g/mol. The average Bonchev–Trinajstić information content (AvgIpc) is 2.91. The van der Waals surface area contributed by atoms with Gasteiger partial charge < -0.3 is 10.6 Å². The molecule has 0 fully saturated rings. The van der Waals surface area contributed by atoms with Crippen LogP contribution >= 0.6 is 11.3 Å². The summed E-state index contributed by atoms with van der Waals surface area (Å²) in [6.07, 6.45) is 2.66. The number of rotatable bonds is 6. The zero-order valence-electron chi connectivity index (χ0n) is 11.4. The highest BCUT2D eigenvalue weighted by molar-refractivity contribution is 7.17. The molecule has 8 heteroatoms. The second-order valence-corrected chi connectivity index (χ2v) is 5.09. The van der Waals surface area contributed by atoms with E-state index in [2.05, 4.69) is 37.7 Å². The number of aryl methyl sites for hydroxylation is 1. The number of carbonyl (C=O) groups excluding carboxylic acids is 1. The fourth-order valence-corrected chi connectivity index (χ4v) is 2.15. The van der Waals surface area contributed by atoms with Crippen LogP contribution in [0.25, 0.3) is 0 Å². The summed E-state index contributed by atoms with van der Waals surface area (Å²) in [5, 5.41) is 14.6. The molecule has 7 nitrogen and oxygen atoms in total. The topological polar surface area (TPSA) is 92.7 Å². The lowest BCUT2D eigenvalue weighted by Crippen LogP contribution is -2.23. The largest absolute Gasteiger partial charge is 0.360 e. The molecule has 2 rings (SSSR count).